The van der Waals surface area contributed by atoms with Gasteiger partial charge in [-0.05, 0) is 19.1 Å². The molecule has 0 amide bonds. The summed E-state index contributed by atoms with van der Waals surface area (Å²) in [7, 11) is 0. The Bertz CT molecular complexity index is 705. The standard InChI is InChI=1S/C14H16N4OS/c1-2-19-12-5-3-4-11-13(12)17-14(15)18(11)7-6-10-8-20-9-16-10/h3-5,8-9H,2,6-7H2,1H3,(H2,15,17). The minimum absolute atomic E-state index is 0.516. The first kappa shape index (κ1) is 12.9. The average Bonchev–Trinajstić information content (AvgIpc) is 3.05. The molecule has 0 saturated carbocycles. The van der Waals surface area contributed by atoms with Gasteiger partial charge in [-0.2, -0.15) is 0 Å². The highest BCUT2D eigenvalue weighted by atomic mass is 32.1. The smallest absolute Gasteiger partial charge is 0.201 e. The second-order valence-electron chi connectivity index (χ2n) is 4.41. The van der Waals surface area contributed by atoms with Gasteiger partial charge in [0.15, 0.2) is 0 Å². The van der Waals surface area contributed by atoms with Gasteiger partial charge in [-0.25, -0.2) is 9.97 Å². The largest absolute Gasteiger partial charge is 0.492 e. The maximum absolute atomic E-state index is 6.04. The van der Waals surface area contributed by atoms with Crippen LogP contribution in [0.4, 0.5) is 5.95 Å². The average molecular weight is 288 g/mol. The SMILES string of the molecule is CCOc1cccc2c1nc(N)n2CCc1cscn1. The van der Waals surface area contributed by atoms with Gasteiger partial charge in [0.05, 0.1) is 23.3 Å². The number of nitrogen functional groups attached to an aromatic ring is 1. The third-order valence-electron chi connectivity index (χ3n) is 3.15. The van der Waals surface area contributed by atoms with Crippen LogP contribution in [0, 0.1) is 0 Å². The maximum Gasteiger partial charge on any atom is 0.201 e. The van der Waals surface area contributed by atoms with Gasteiger partial charge in [0.2, 0.25) is 5.95 Å². The van der Waals surface area contributed by atoms with Crippen LogP contribution in [0.1, 0.15) is 12.6 Å². The number of hydrogen-bond acceptors (Lipinski definition) is 5. The molecule has 0 atom stereocenters. The Morgan fingerprint density at radius 2 is 2.30 bits per heavy atom. The summed E-state index contributed by atoms with van der Waals surface area (Å²) in [4.78, 5) is 8.72. The molecule has 0 fully saturated rings. The van der Waals surface area contributed by atoms with Crippen LogP contribution in [0.3, 0.4) is 0 Å². The van der Waals surface area contributed by atoms with Gasteiger partial charge in [0.25, 0.3) is 0 Å². The van der Waals surface area contributed by atoms with Gasteiger partial charge in [0, 0.05) is 18.3 Å². The van der Waals surface area contributed by atoms with E-state index < -0.39 is 0 Å². The van der Waals surface area contributed by atoms with Crippen molar-refractivity contribution in [2.75, 3.05) is 12.3 Å². The zero-order valence-corrected chi connectivity index (χ0v) is 12.1. The molecule has 5 nitrogen and oxygen atoms in total. The lowest BCUT2D eigenvalue weighted by Gasteiger charge is -2.06. The minimum atomic E-state index is 0.516. The molecular weight excluding hydrogens is 272 g/mol. The normalized spacial score (nSPS) is 11.1. The molecule has 6 heteroatoms. The van der Waals surface area contributed by atoms with E-state index in [9.17, 15) is 0 Å². The molecule has 20 heavy (non-hydrogen) atoms. The second kappa shape index (κ2) is 5.50. The van der Waals surface area contributed by atoms with Gasteiger partial charge in [0.1, 0.15) is 11.3 Å². The van der Waals surface area contributed by atoms with Crippen LogP contribution in [-0.4, -0.2) is 21.1 Å². The number of nitrogens with two attached hydrogens (primary N) is 1. The third kappa shape index (κ3) is 2.34. The van der Waals surface area contributed by atoms with Crippen LogP contribution in [0.15, 0.2) is 29.1 Å². The highest BCUT2D eigenvalue weighted by Gasteiger charge is 2.12. The first-order chi connectivity index (χ1) is 9.79. The summed E-state index contributed by atoms with van der Waals surface area (Å²) in [5.74, 6) is 1.30. The van der Waals surface area contributed by atoms with Gasteiger partial charge < -0.3 is 15.0 Å². The fraction of sp³-hybridized carbons (Fsp3) is 0.286. The lowest BCUT2D eigenvalue weighted by molar-refractivity contribution is 0.343. The number of aromatic nitrogens is 3. The van der Waals surface area contributed by atoms with Crippen molar-refractivity contribution in [3.63, 3.8) is 0 Å². The number of rotatable bonds is 5. The van der Waals surface area contributed by atoms with Crippen LogP contribution in [0.25, 0.3) is 11.0 Å². The van der Waals surface area contributed by atoms with E-state index in [1.165, 1.54) is 0 Å². The number of aryl methyl sites for hydroxylation is 2. The van der Waals surface area contributed by atoms with Gasteiger partial charge in [-0.15, -0.1) is 11.3 Å². The second-order valence-corrected chi connectivity index (χ2v) is 5.13. The first-order valence-corrected chi connectivity index (χ1v) is 7.48. The van der Waals surface area contributed by atoms with Crippen LogP contribution in [0.2, 0.25) is 0 Å². The molecule has 2 aromatic heterocycles. The van der Waals surface area contributed by atoms with E-state index in [1.807, 2.05) is 35.2 Å². The van der Waals surface area contributed by atoms with Crippen molar-refractivity contribution in [1.29, 1.82) is 0 Å². The zero-order chi connectivity index (χ0) is 13.9. The lowest BCUT2D eigenvalue weighted by atomic mass is 10.2. The number of imidazole rings is 1. The van der Waals surface area contributed by atoms with Crippen molar-refractivity contribution in [1.82, 2.24) is 14.5 Å². The van der Waals surface area contributed by atoms with E-state index >= 15 is 0 Å². The summed E-state index contributed by atoms with van der Waals surface area (Å²) in [6.07, 6.45) is 0.845. The van der Waals surface area contributed by atoms with Crippen LogP contribution < -0.4 is 10.5 Å². The Labute approximate surface area is 121 Å². The monoisotopic (exact) mass is 288 g/mol. The van der Waals surface area contributed by atoms with E-state index in [4.69, 9.17) is 10.5 Å². The molecular formula is C14H16N4OS. The number of hydrogen-bond donors (Lipinski definition) is 1. The van der Waals surface area contributed by atoms with Crippen molar-refractivity contribution in [3.05, 3.63) is 34.8 Å². The molecule has 0 bridgehead atoms. The predicted octanol–water partition coefficient (Wildman–Crippen LogP) is 2.72. The van der Waals surface area contributed by atoms with E-state index in [0.29, 0.717) is 12.6 Å². The Kier molecular flexibility index (Phi) is 3.56. The van der Waals surface area contributed by atoms with Crippen molar-refractivity contribution in [2.24, 2.45) is 0 Å². The summed E-state index contributed by atoms with van der Waals surface area (Å²) < 4.78 is 7.61. The van der Waals surface area contributed by atoms with Crippen molar-refractivity contribution >= 4 is 28.3 Å². The Hall–Kier alpha value is -2.08. The zero-order valence-electron chi connectivity index (χ0n) is 11.2. The molecule has 0 unspecified atom stereocenters. The summed E-state index contributed by atoms with van der Waals surface area (Å²) in [5.41, 5.74) is 10.8. The van der Waals surface area contributed by atoms with Crippen molar-refractivity contribution in [2.45, 2.75) is 19.9 Å². The number of nitrogens with zero attached hydrogens (tertiary/aromatic N) is 3. The van der Waals surface area contributed by atoms with E-state index in [-0.39, 0.29) is 0 Å². The molecule has 0 aliphatic carbocycles. The minimum Gasteiger partial charge on any atom is -0.492 e. The quantitative estimate of drug-likeness (QED) is 0.784. The van der Waals surface area contributed by atoms with Crippen LogP contribution in [-0.2, 0) is 13.0 Å². The highest BCUT2D eigenvalue weighted by Crippen LogP contribution is 2.27. The first-order valence-electron chi connectivity index (χ1n) is 6.54. The molecule has 3 aromatic rings. The molecule has 2 N–H and O–H groups in total. The van der Waals surface area contributed by atoms with Gasteiger partial charge in [-0.3, -0.25) is 0 Å². The van der Waals surface area contributed by atoms with Crippen LogP contribution >= 0.6 is 11.3 Å². The van der Waals surface area contributed by atoms with Crippen molar-refractivity contribution in [3.8, 4) is 5.75 Å². The van der Waals surface area contributed by atoms with E-state index in [1.54, 1.807) is 11.3 Å². The number of benzene rings is 1. The number of anilines is 1. The topological polar surface area (TPSA) is 66.0 Å². The number of ether oxygens (including phenoxy) is 1. The maximum atomic E-state index is 6.04. The predicted molar refractivity (Wildman–Crippen MR) is 81.1 cm³/mol. The Balaban J connectivity index is 1.94. The third-order valence-corrected chi connectivity index (χ3v) is 3.78. The van der Waals surface area contributed by atoms with E-state index in [2.05, 4.69) is 15.3 Å². The molecule has 104 valence electrons. The molecule has 0 spiro atoms. The molecule has 2 heterocycles. The summed E-state index contributed by atoms with van der Waals surface area (Å²) in [6.45, 7) is 3.34. The number of fused-ring (bicyclic) bond motifs is 1. The van der Waals surface area contributed by atoms with Gasteiger partial charge in [-0.1, -0.05) is 6.07 Å². The highest BCUT2D eigenvalue weighted by molar-refractivity contribution is 7.07. The molecule has 0 saturated heterocycles. The van der Waals surface area contributed by atoms with Crippen LogP contribution in [0.5, 0.6) is 5.75 Å². The Morgan fingerprint density at radius 3 is 3.05 bits per heavy atom. The molecule has 3 rings (SSSR count). The molecule has 1 aromatic carbocycles. The number of para-hydroxylation sites is 1. The summed E-state index contributed by atoms with van der Waals surface area (Å²) >= 11 is 1.61. The summed E-state index contributed by atoms with van der Waals surface area (Å²) in [6, 6.07) is 5.90. The molecule has 0 aliphatic rings. The lowest BCUT2D eigenvalue weighted by Crippen LogP contribution is -2.05. The Morgan fingerprint density at radius 1 is 1.40 bits per heavy atom. The van der Waals surface area contributed by atoms with E-state index in [0.717, 1.165) is 35.4 Å². The number of thiazole rings is 1. The molecule has 0 radical (unpaired) electrons. The van der Waals surface area contributed by atoms with Crippen molar-refractivity contribution < 1.29 is 4.74 Å². The molecule has 0 aliphatic heterocycles. The fourth-order valence-corrected chi connectivity index (χ4v) is 2.83. The van der Waals surface area contributed by atoms with Gasteiger partial charge >= 0.3 is 0 Å². The fourth-order valence-electron chi connectivity index (χ4n) is 2.23. The summed E-state index contributed by atoms with van der Waals surface area (Å²) in [5, 5.41) is 2.06.